The molecule has 0 saturated heterocycles. The molecule has 0 aliphatic heterocycles. The molecule has 1 unspecified atom stereocenters. The van der Waals surface area contributed by atoms with E-state index in [1.165, 1.54) is 0 Å². The number of benzene rings is 3. The Morgan fingerprint density at radius 2 is 1.45 bits per heavy atom. The van der Waals surface area contributed by atoms with Crippen LogP contribution in [0.5, 0.6) is 5.75 Å². The highest BCUT2D eigenvalue weighted by Crippen LogP contribution is 2.28. The van der Waals surface area contributed by atoms with Crippen LogP contribution in [0.2, 0.25) is 0 Å². The van der Waals surface area contributed by atoms with Crippen molar-refractivity contribution in [2.45, 2.75) is 39.0 Å². The number of hydrogen-bond donors (Lipinski definition) is 1. The molecule has 0 aliphatic rings. The fraction of sp³-hybridized carbons (Fsp3) is 0.259. The smallest absolute Gasteiger partial charge is 0.277 e. The lowest BCUT2D eigenvalue weighted by Crippen LogP contribution is -2.27. The minimum Gasteiger partial charge on any atom is -0.483 e. The molecule has 0 heterocycles. The van der Waals surface area contributed by atoms with Gasteiger partial charge in [-0.1, -0.05) is 92.7 Å². The predicted molar refractivity (Wildman–Crippen MR) is 127 cm³/mol. The predicted octanol–water partition coefficient (Wildman–Crippen LogP) is 5.90. The first-order valence-electron chi connectivity index (χ1n) is 10.7. The van der Waals surface area contributed by atoms with Gasteiger partial charge in [0.05, 0.1) is 0 Å². The molecule has 0 aliphatic carbocycles. The van der Waals surface area contributed by atoms with Crippen LogP contribution < -0.4 is 10.2 Å². The SMILES string of the molecule is CCC(C)c1ccccc1OCC(=O)N/N=C(\C)C(c1ccccc1)c1ccccc1. The maximum Gasteiger partial charge on any atom is 0.277 e. The molecule has 31 heavy (non-hydrogen) atoms. The molecule has 0 saturated carbocycles. The summed E-state index contributed by atoms with van der Waals surface area (Å²) in [7, 11) is 0. The van der Waals surface area contributed by atoms with Crippen LogP contribution in [0.25, 0.3) is 0 Å². The summed E-state index contributed by atoms with van der Waals surface area (Å²) in [6, 6.07) is 28.2. The molecule has 3 aromatic rings. The molecule has 3 aromatic carbocycles. The standard InChI is InChI=1S/C27H30N2O2/c1-4-20(2)24-17-11-12-18-25(24)31-19-26(30)29-28-21(3)27(22-13-7-5-8-14-22)23-15-9-6-10-16-23/h5-18,20,27H,4,19H2,1-3H3,(H,29,30)/b28-21+. The Morgan fingerprint density at radius 1 is 0.903 bits per heavy atom. The molecule has 160 valence electrons. The van der Waals surface area contributed by atoms with Gasteiger partial charge in [0.15, 0.2) is 6.61 Å². The van der Waals surface area contributed by atoms with Crippen molar-refractivity contribution >= 4 is 11.6 Å². The molecular weight excluding hydrogens is 384 g/mol. The van der Waals surface area contributed by atoms with Crippen LogP contribution in [0, 0.1) is 0 Å². The van der Waals surface area contributed by atoms with E-state index in [4.69, 9.17) is 4.74 Å². The number of nitrogens with zero attached hydrogens (tertiary/aromatic N) is 1. The fourth-order valence-corrected chi connectivity index (χ4v) is 3.60. The lowest BCUT2D eigenvalue weighted by molar-refractivity contribution is -0.123. The second-order valence-electron chi connectivity index (χ2n) is 7.68. The number of hydrazone groups is 1. The van der Waals surface area contributed by atoms with Gasteiger partial charge < -0.3 is 4.74 Å². The Kier molecular flexibility index (Phi) is 7.99. The molecule has 1 N–H and O–H groups in total. The number of para-hydroxylation sites is 1. The number of rotatable bonds is 9. The molecule has 4 heteroatoms. The molecule has 4 nitrogen and oxygen atoms in total. The largest absolute Gasteiger partial charge is 0.483 e. The van der Waals surface area contributed by atoms with Crippen LogP contribution in [-0.2, 0) is 4.79 Å². The Bertz CT molecular complexity index is 961. The monoisotopic (exact) mass is 414 g/mol. The summed E-state index contributed by atoms with van der Waals surface area (Å²) in [5, 5.41) is 4.40. The normalized spacial score (nSPS) is 12.5. The van der Waals surface area contributed by atoms with Gasteiger partial charge in [-0.15, -0.1) is 0 Å². The highest BCUT2D eigenvalue weighted by Gasteiger charge is 2.18. The van der Waals surface area contributed by atoms with E-state index >= 15 is 0 Å². The molecule has 0 bridgehead atoms. The summed E-state index contributed by atoms with van der Waals surface area (Å²) in [5.74, 6) is 0.809. The van der Waals surface area contributed by atoms with Gasteiger partial charge in [-0.3, -0.25) is 4.79 Å². The quantitative estimate of drug-likeness (QED) is 0.350. The van der Waals surface area contributed by atoms with Gasteiger partial charge in [-0.2, -0.15) is 5.10 Å². The van der Waals surface area contributed by atoms with Crippen LogP contribution in [0.4, 0.5) is 0 Å². The highest BCUT2D eigenvalue weighted by molar-refractivity contribution is 5.93. The van der Waals surface area contributed by atoms with Crippen molar-refractivity contribution in [1.82, 2.24) is 5.43 Å². The third-order valence-electron chi connectivity index (χ3n) is 5.46. The molecule has 1 amide bonds. The van der Waals surface area contributed by atoms with Crippen molar-refractivity contribution in [1.29, 1.82) is 0 Å². The van der Waals surface area contributed by atoms with E-state index in [1.54, 1.807) is 0 Å². The first-order valence-corrected chi connectivity index (χ1v) is 10.7. The molecule has 3 rings (SSSR count). The van der Waals surface area contributed by atoms with Gasteiger partial charge in [-0.05, 0) is 42.0 Å². The van der Waals surface area contributed by atoms with E-state index in [0.717, 1.165) is 34.6 Å². The van der Waals surface area contributed by atoms with E-state index < -0.39 is 0 Å². The van der Waals surface area contributed by atoms with E-state index in [1.807, 2.05) is 67.6 Å². The maximum absolute atomic E-state index is 12.4. The Labute approximate surface area is 185 Å². The van der Waals surface area contributed by atoms with Gasteiger partial charge in [0.2, 0.25) is 0 Å². The molecule has 1 atom stereocenters. The van der Waals surface area contributed by atoms with Gasteiger partial charge in [0.25, 0.3) is 5.91 Å². The summed E-state index contributed by atoms with van der Waals surface area (Å²) in [6.45, 7) is 6.15. The summed E-state index contributed by atoms with van der Waals surface area (Å²) in [4.78, 5) is 12.4. The van der Waals surface area contributed by atoms with Gasteiger partial charge in [0.1, 0.15) is 5.75 Å². The average molecular weight is 415 g/mol. The lowest BCUT2D eigenvalue weighted by Gasteiger charge is -2.18. The minimum atomic E-state index is -0.279. The van der Waals surface area contributed by atoms with E-state index in [-0.39, 0.29) is 18.4 Å². The van der Waals surface area contributed by atoms with Crippen LogP contribution in [0.15, 0.2) is 90.0 Å². The third kappa shape index (κ3) is 6.05. The number of nitrogens with one attached hydrogen (secondary N) is 1. The third-order valence-corrected chi connectivity index (χ3v) is 5.46. The first-order chi connectivity index (χ1) is 15.1. The van der Waals surface area contributed by atoms with Crippen molar-refractivity contribution in [3.8, 4) is 5.75 Å². The van der Waals surface area contributed by atoms with Crippen molar-refractivity contribution < 1.29 is 9.53 Å². The maximum atomic E-state index is 12.4. The van der Waals surface area contributed by atoms with Crippen LogP contribution >= 0.6 is 0 Å². The minimum absolute atomic E-state index is 0.0326. The zero-order valence-corrected chi connectivity index (χ0v) is 18.4. The zero-order chi connectivity index (χ0) is 22.1. The van der Waals surface area contributed by atoms with Gasteiger partial charge in [0, 0.05) is 11.6 Å². The van der Waals surface area contributed by atoms with E-state index in [2.05, 4.69) is 48.6 Å². The Morgan fingerprint density at radius 3 is 2.03 bits per heavy atom. The summed E-state index contributed by atoms with van der Waals surface area (Å²) < 4.78 is 5.80. The average Bonchev–Trinajstić information content (AvgIpc) is 2.82. The fourth-order valence-electron chi connectivity index (χ4n) is 3.60. The van der Waals surface area contributed by atoms with Crippen molar-refractivity contribution in [3.05, 3.63) is 102 Å². The number of ether oxygens (including phenoxy) is 1. The van der Waals surface area contributed by atoms with Crippen LogP contribution in [-0.4, -0.2) is 18.2 Å². The lowest BCUT2D eigenvalue weighted by atomic mass is 9.88. The molecule has 0 spiro atoms. The van der Waals surface area contributed by atoms with Gasteiger partial charge in [-0.25, -0.2) is 5.43 Å². The molecule has 0 radical (unpaired) electrons. The van der Waals surface area contributed by atoms with Crippen molar-refractivity contribution in [3.63, 3.8) is 0 Å². The second kappa shape index (κ2) is 11.1. The highest BCUT2D eigenvalue weighted by atomic mass is 16.5. The topological polar surface area (TPSA) is 50.7 Å². The van der Waals surface area contributed by atoms with E-state index in [0.29, 0.717) is 5.92 Å². The molecule has 0 aromatic heterocycles. The zero-order valence-electron chi connectivity index (χ0n) is 18.4. The summed E-state index contributed by atoms with van der Waals surface area (Å²) >= 11 is 0. The Balaban J connectivity index is 1.69. The van der Waals surface area contributed by atoms with Crippen molar-refractivity contribution in [2.24, 2.45) is 5.10 Å². The van der Waals surface area contributed by atoms with E-state index in [9.17, 15) is 4.79 Å². The summed E-state index contributed by atoms with van der Waals surface area (Å²) in [5.41, 5.74) is 6.84. The van der Waals surface area contributed by atoms with Crippen LogP contribution in [0.1, 0.15) is 55.7 Å². The summed E-state index contributed by atoms with van der Waals surface area (Å²) in [6.07, 6.45) is 1.01. The number of hydrogen-bond acceptors (Lipinski definition) is 3. The van der Waals surface area contributed by atoms with Gasteiger partial charge >= 0.3 is 0 Å². The first kappa shape index (κ1) is 22.3. The molecule has 0 fully saturated rings. The van der Waals surface area contributed by atoms with Crippen LogP contribution in [0.3, 0.4) is 0 Å². The molecular formula is C27H30N2O2. The second-order valence-corrected chi connectivity index (χ2v) is 7.68. The number of carbonyl (C=O) groups excluding carboxylic acids is 1. The number of amides is 1. The van der Waals surface area contributed by atoms with Crippen molar-refractivity contribution in [2.75, 3.05) is 6.61 Å². The number of carbonyl (C=O) groups is 1. The Hall–Kier alpha value is -3.40.